The molecule has 1 aliphatic heterocycles. The predicted octanol–water partition coefficient (Wildman–Crippen LogP) is 3.67. The molecule has 0 radical (unpaired) electrons. The Morgan fingerprint density at radius 1 is 0.881 bits per heavy atom. The minimum Gasteiger partial charge on any atom is -0.354 e. The van der Waals surface area contributed by atoms with Gasteiger partial charge in [0.15, 0.2) is 5.69 Å². The van der Waals surface area contributed by atoms with Crippen molar-refractivity contribution in [1.82, 2.24) is 25.1 Å². The molecule has 2 amide bonds. The van der Waals surface area contributed by atoms with Crippen molar-refractivity contribution >= 4 is 40.0 Å². The quantitative estimate of drug-likeness (QED) is 0.218. The highest BCUT2D eigenvalue weighted by molar-refractivity contribution is 6.11. The monoisotopic (exact) mass is 570 g/mol. The van der Waals surface area contributed by atoms with Crippen LogP contribution in [0.2, 0.25) is 0 Å². The third kappa shape index (κ3) is 5.49. The Bertz CT molecular complexity index is 1760. The normalized spacial score (nSPS) is 13.7. The standard InChI is InChI=1S/C29H25F2N9O2/c1-38-9-11-39(12-10-38)26-8-6-20(17-33-26)34-28(41)27-22-14-18(5-7-23(22)36-37-27)19-13-21(16-32-15-19)35-29(42)40-24(30)3-2-4-25(40)31/h2-8,13-17H,9-12H2,1H3,(H2-,34,35,36,37,41,42)/p+1. The zero-order valence-electron chi connectivity index (χ0n) is 22.5. The van der Waals surface area contributed by atoms with E-state index in [-0.39, 0.29) is 15.9 Å². The molecule has 13 heteroatoms. The summed E-state index contributed by atoms with van der Waals surface area (Å²) in [6, 6.07) is 12.8. The molecular weight excluding hydrogens is 544 g/mol. The van der Waals surface area contributed by atoms with Crippen LogP contribution in [-0.4, -0.2) is 70.2 Å². The van der Waals surface area contributed by atoms with Crippen molar-refractivity contribution in [3.8, 4) is 11.1 Å². The van der Waals surface area contributed by atoms with Crippen LogP contribution in [0.3, 0.4) is 0 Å². The Morgan fingerprint density at radius 2 is 1.67 bits per heavy atom. The minimum atomic E-state index is -1.05. The molecule has 3 N–H and O–H groups in total. The van der Waals surface area contributed by atoms with Crippen molar-refractivity contribution in [1.29, 1.82) is 0 Å². The summed E-state index contributed by atoms with van der Waals surface area (Å²) in [4.78, 5) is 38.8. The van der Waals surface area contributed by atoms with E-state index in [0.717, 1.165) is 44.1 Å². The van der Waals surface area contributed by atoms with Gasteiger partial charge in [-0.15, -0.1) is 4.57 Å². The Kier molecular flexibility index (Phi) is 7.23. The van der Waals surface area contributed by atoms with Gasteiger partial charge in [0.25, 0.3) is 17.8 Å². The van der Waals surface area contributed by atoms with Crippen LogP contribution in [0, 0.1) is 11.9 Å². The summed E-state index contributed by atoms with van der Waals surface area (Å²) in [7, 11) is 2.09. The SMILES string of the molecule is CN1CCN(c2ccc(NC(=O)c3n[nH]c4ccc(-c5cncc(NC(=O)[n+]6c(F)cccc6F)c5)cc34)cn2)CC1. The van der Waals surface area contributed by atoms with Crippen molar-refractivity contribution in [3.05, 3.63) is 90.8 Å². The van der Waals surface area contributed by atoms with E-state index in [1.54, 1.807) is 36.7 Å². The highest BCUT2D eigenvalue weighted by Gasteiger charge is 2.24. The van der Waals surface area contributed by atoms with Crippen LogP contribution in [0.15, 0.2) is 73.2 Å². The molecule has 0 atom stereocenters. The third-order valence-corrected chi connectivity index (χ3v) is 7.03. The van der Waals surface area contributed by atoms with Gasteiger partial charge in [0, 0.05) is 55.5 Å². The maximum absolute atomic E-state index is 14.0. The van der Waals surface area contributed by atoms with Gasteiger partial charge >= 0.3 is 6.03 Å². The van der Waals surface area contributed by atoms with Gasteiger partial charge in [-0.2, -0.15) is 18.7 Å². The van der Waals surface area contributed by atoms with Gasteiger partial charge in [0.1, 0.15) is 11.5 Å². The van der Waals surface area contributed by atoms with Crippen molar-refractivity contribution in [2.45, 2.75) is 0 Å². The zero-order valence-corrected chi connectivity index (χ0v) is 22.5. The predicted molar refractivity (Wildman–Crippen MR) is 152 cm³/mol. The van der Waals surface area contributed by atoms with E-state index in [1.807, 2.05) is 12.1 Å². The topological polar surface area (TPSA) is 123 Å². The third-order valence-electron chi connectivity index (χ3n) is 7.03. The highest BCUT2D eigenvalue weighted by atomic mass is 19.1. The van der Waals surface area contributed by atoms with Crippen LogP contribution in [-0.2, 0) is 0 Å². The second-order valence-electron chi connectivity index (χ2n) is 9.88. The van der Waals surface area contributed by atoms with Gasteiger partial charge in [0.2, 0.25) is 0 Å². The Morgan fingerprint density at radius 3 is 2.40 bits per heavy atom. The van der Waals surface area contributed by atoms with Crippen LogP contribution in [0.1, 0.15) is 10.5 Å². The largest absolute Gasteiger partial charge is 0.505 e. The van der Waals surface area contributed by atoms with Crippen LogP contribution in [0.25, 0.3) is 22.0 Å². The number of likely N-dealkylation sites (N-methyl/N-ethyl adjacent to an activating group) is 1. The molecule has 1 aromatic carbocycles. The summed E-state index contributed by atoms with van der Waals surface area (Å²) >= 11 is 0. The molecule has 1 saturated heterocycles. The second kappa shape index (κ2) is 11.3. The lowest BCUT2D eigenvalue weighted by Gasteiger charge is -2.33. The summed E-state index contributed by atoms with van der Waals surface area (Å²) in [6.07, 6.45) is 4.56. The van der Waals surface area contributed by atoms with Crippen LogP contribution in [0.4, 0.5) is 30.8 Å². The van der Waals surface area contributed by atoms with Gasteiger partial charge in [-0.1, -0.05) is 6.07 Å². The van der Waals surface area contributed by atoms with Crippen molar-refractivity contribution in [2.24, 2.45) is 0 Å². The average Bonchev–Trinajstić information content (AvgIpc) is 3.42. The molecule has 11 nitrogen and oxygen atoms in total. The Hall–Kier alpha value is -5.30. The number of hydrogen-bond acceptors (Lipinski definition) is 7. The molecule has 0 unspecified atom stereocenters. The maximum atomic E-state index is 14.0. The molecule has 0 bridgehead atoms. The smallest absolute Gasteiger partial charge is 0.354 e. The van der Waals surface area contributed by atoms with E-state index in [4.69, 9.17) is 0 Å². The number of rotatable bonds is 5. The van der Waals surface area contributed by atoms with Gasteiger partial charge in [-0.05, 0) is 49.0 Å². The van der Waals surface area contributed by atoms with Crippen molar-refractivity contribution in [3.63, 3.8) is 0 Å². The van der Waals surface area contributed by atoms with Gasteiger partial charge < -0.3 is 15.1 Å². The molecule has 1 fully saturated rings. The number of benzene rings is 1. The van der Waals surface area contributed by atoms with Gasteiger partial charge in [0.05, 0.1) is 23.6 Å². The molecule has 5 aromatic rings. The molecule has 4 aromatic heterocycles. The first-order valence-corrected chi connectivity index (χ1v) is 13.2. The van der Waals surface area contributed by atoms with E-state index in [9.17, 15) is 18.4 Å². The average molecular weight is 571 g/mol. The molecule has 0 saturated carbocycles. The number of carbonyl (C=O) groups is 2. The number of H-pyrrole nitrogens is 1. The molecule has 5 heterocycles. The summed E-state index contributed by atoms with van der Waals surface area (Å²) in [5.41, 5.74) is 2.90. The summed E-state index contributed by atoms with van der Waals surface area (Å²) in [6.45, 7) is 3.72. The fourth-order valence-corrected chi connectivity index (χ4v) is 4.74. The van der Waals surface area contributed by atoms with E-state index in [0.29, 0.717) is 27.7 Å². The second-order valence-corrected chi connectivity index (χ2v) is 9.88. The number of aromatic amines is 1. The van der Waals surface area contributed by atoms with E-state index in [2.05, 4.69) is 47.6 Å². The van der Waals surface area contributed by atoms with Crippen molar-refractivity contribution in [2.75, 3.05) is 48.8 Å². The highest BCUT2D eigenvalue weighted by Crippen LogP contribution is 2.27. The lowest BCUT2D eigenvalue weighted by Crippen LogP contribution is -2.52. The van der Waals surface area contributed by atoms with E-state index >= 15 is 0 Å². The number of hydrogen-bond donors (Lipinski definition) is 3. The number of nitrogens with zero attached hydrogens (tertiary/aromatic N) is 6. The number of amides is 2. The van der Waals surface area contributed by atoms with Crippen LogP contribution in [0.5, 0.6) is 0 Å². The molecule has 212 valence electrons. The molecule has 6 rings (SSSR count). The lowest BCUT2D eigenvalue weighted by atomic mass is 10.0. The number of piperazine rings is 1. The van der Waals surface area contributed by atoms with E-state index in [1.165, 1.54) is 12.3 Å². The first kappa shape index (κ1) is 26.9. The summed E-state index contributed by atoms with van der Waals surface area (Å²) < 4.78 is 28.3. The molecule has 42 heavy (non-hydrogen) atoms. The zero-order chi connectivity index (χ0) is 29.2. The molecule has 0 spiro atoms. The maximum Gasteiger partial charge on any atom is 0.505 e. The minimum absolute atomic E-state index is 0.193. The fraction of sp³-hybridized carbons (Fsp3) is 0.172. The van der Waals surface area contributed by atoms with Gasteiger partial charge in [-0.3, -0.25) is 14.9 Å². The lowest BCUT2D eigenvalue weighted by molar-refractivity contribution is -0.631. The van der Waals surface area contributed by atoms with Crippen LogP contribution >= 0.6 is 0 Å². The van der Waals surface area contributed by atoms with Gasteiger partial charge in [-0.25, -0.2) is 10.3 Å². The molecular formula is C29H26F2N9O2+. The number of aromatic nitrogens is 5. The van der Waals surface area contributed by atoms with Crippen LogP contribution < -0.4 is 20.1 Å². The molecule has 0 aliphatic carbocycles. The molecule has 1 aliphatic rings. The van der Waals surface area contributed by atoms with Crippen molar-refractivity contribution < 1.29 is 22.9 Å². The first-order chi connectivity index (χ1) is 20.4. The Balaban J connectivity index is 1.19. The number of anilines is 3. The number of fused-ring (bicyclic) bond motifs is 1. The number of halogens is 2. The van der Waals surface area contributed by atoms with E-state index < -0.39 is 23.8 Å². The number of nitrogens with one attached hydrogen (secondary N) is 3. The number of carbonyl (C=O) groups excluding carboxylic acids is 2. The summed E-state index contributed by atoms with van der Waals surface area (Å²) in [5, 5.41) is 13.0. The fourth-order valence-electron chi connectivity index (χ4n) is 4.74. The Labute approximate surface area is 238 Å². The number of pyridine rings is 3. The first-order valence-electron chi connectivity index (χ1n) is 13.2. The summed E-state index contributed by atoms with van der Waals surface area (Å²) in [5.74, 6) is -1.64.